The predicted octanol–water partition coefficient (Wildman–Crippen LogP) is 2.30. The zero-order valence-electron chi connectivity index (χ0n) is 16.7. The van der Waals surface area contributed by atoms with Crippen LogP contribution in [0.1, 0.15) is 46.0 Å². The van der Waals surface area contributed by atoms with E-state index in [1.165, 1.54) is 17.0 Å². The molecule has 0 N–H and O–H groups in total. The molecule has 4 fully saturated rings. The highest BCUT2D eigenvalue weighted by Gasteiger charge is 2.62. The number of amides is 2. The summed E-state index contributed by atoms with van der Waals surface area (Å²) in [7, 11) is -3.63. The van der Waals surface area contributed by atoms with E-state index in [9.17, 15) is 18.0 Å². The number of anilines is 1. The molecule has 7 nitrogen and oxygen atoms in total. The Hall–Kier alpha value is -1.77. The highest BCUT2D eigenvalue weighted by molar-refractivity contribution is 7.89. The Morgan fingerprint density at radius 3 is 1.90 bits per heavy atom. The molecule has 0 unspecified atom stereocenters. The molecular weight excluding hydrogens is 392 g/mol. The van der Waals surface area contributed by atoms with Gasteiger partial charge in [-0.3, -0.25) is 9.59 Å². The Balaban J connectivity index is 1.42. The van der Waals surface area contributed by atoms with Crippen molar-refractivity contribution < 1.29 is 22.7 Å². The number of nitrogens with zero attached hydrogens (tertiary/aromatic N) is 2. The van der Waals surface area contributed by atoms with Crippen LogP contribution in [0.5, 0.6) is 0 Å². The summed E-state index contributed by atoms with van der Waals surface area (Å²) in [6.45, 7) is 3.89. The number of sulfonamides is 1. The third kappa shape index (κ3) is 2.72. The third-order valence-electron chi connectivity index (χ3n) is 7.07. The van der Waals surface area contributed by atoms with Crippen molar-refractivity contribution in [1.29, 1.82) is 0 Å². The molecular formula is C21H26N2O5S. The molecule has 6 atom stereocenters. The number of rotatable bonds is 3. The largest absolute Gasteiger partial charge is 0.373 e. The molecule has 0 aromatic heterocycles. The summed E-state index contributed by atoms with van der Waals surface area (Å²) in [5, 5.41) is 0. The topological polar surface area (TPSA) is 84.0 Å². The summed E-state index contributed by atoms with van der Waals surface area (Å²) in [5.41, 5.74) is 0.437. The minimum atomic E-state index is -3.63. The van der Waals surface area contributed by atoms with Crippen molar-refractivity contribution in [3.8, 4) is 0 Å². The van der Waals surface area contributed by atoms with Crippen molar-refractivity contribution in [2.75, 3.05) is 4.90 Å². The molecule has 0 saturated carbocycles. The minimum absolute atomic E-state index is 0.0417. The number of hydrogen-bond acceptors (Lipinski definition) is 5. The smallest absolute Gasteiger partial charge is 0.243 e. The minimum Gasteiger partial charge on any atom is -0.373 e. The van der Waals surface area contributed by atoms with Crippen LogP contribution in [0.15, 0.2) is 29.2 Å². The second-order valence-corrected chi connectivity index (χ2v) is 10.7. The van der Waals surface area contributed by atoms with Crippen LogP contribution in [-0.2, 0) is 24.3 Å². The van der Waals surface area contributed by atoms with E-state index in [0.717, 1.165) is 32.1 Å². The maximum Gasteiger partial charge on any atom is 0.243 e. The zero-order valence-corrected chi connectivity index (χ0v) is 17.5. The number of carbonyl (C=O) groups is 2. The third-order valence-corrected chi connectivity index (χ3v) is 9.21. The van der Waals surface area contributed by atoms with Gasteiger partial charge in [-0.15, -0.1) is 0 Å². The van der Waals surface area contributed by atoms with Crippen molar-refractivity contribution in [2.24, 2.45) is 11.8 Å². The summed E-state index contributed by atoms with van der Waals surface area (Å²) < 4.78 is 33.7. The van der Waals surface area contributed by atoms with Gasteiger partial charge in [-0.25, -0.2) is 13.3 Å². The number of fused-ring (bicyclic) bond motifs is 5. The standard InChI is InChI=1S/C21H26N2O5S/c1-12-4-3-5-13(2)23(12)29(26,27)15-8-6-14(7-9-15)22-20(24)18-16-10-11-17(28-16)19(18)21(22)25/h6-9,12-13,16-19H,3-5,10-11H2,1-2H3/t12-,13-,16-,17-,18-,19+/m0/s1. The number of carbonyl (C=O) groups excluding carboxylic acids is 2. The molecule has 5 rings (SSSR count). The van der Waals surface area contributed by atoms with Crippen molar-refractivity contribution >= 4 is 27.5 Å². The molecule has 29 heavy (non-hydrogen) atoms. The number of benzene rings is 1. The average molecular weight is 419 g/mol. The van der Waals surface area contributed by atoms with Gasteiger partial charge in [-0.05, 0) is 63.8 Å². The van der Waals surface area contributed by atoms with Gasteiger partial charge in [0.05, 0.1) is 34.6 Å². The fraction of sp³-hybridized carbons (Fsp3) is 0.619. The van der Waals surface area contributed by atoms with E-state index in [1.54, 1.807) is 16.4 Å². The Kier molecular flexibility index (Phi) is 4.38. The molecule has 4 aliphatic heterocycles. The first kappa shape index (κ1) is 19.2. The highest BCUT2D eigenvalue weighted by Crippen LogP contribution is 2.49. The summed E-state index contributed by atoms with van der Waals surface area (Å²) in [6.07, 6.45) is 4.06. The number of imide groups is 1. The average Bonchev–Trinajstić information content (AvgIpc) is 3.35. The fourth-order valence-corrected chi connectivity index (χ4v) is 7.61. The van der Waals surface area contributed by atoms with E-state index in [1.807, 2.05) is 13.8 Å². The number of ether oxygens (including phenoxy) is 1. The van der Waals surface area contributed by atoms with Crippen molar-refractivity contribution in [1.82, 2.24) is 4.31 Å². The van der Waals surface area contributed by atoms with Gasteiger partial charge in [0.2, 0.25) is 21.8 Å². The summed E-state index contributed by atoms with van der Waals surface area (Å²) in [5.74, 6) is -1.22. The van der Waals surface area contributed by atoms with Crippen LogP contribution in [-0.4, -0.2) is 48.8 Å². The van der Waals surface area contributed by atoms with Crippen molar-refractivity contribution in [3.05, 3.63) is 24.3 Å². The lowest BCUT2D eigenvalue weighted by atomic mass is 9.81. The molecule has 4 saturated heterocycles. The van der Waals surface area contributed by atoms with Gasteiger partial charge in [0, 0.05) is 12.1 Å². The second-order valence-electron chi connectivity index (χ2n) is 8.81. The van der Waals surface area contributed by atoms with Gasteiger partial charge in [-0.2, -0.15) is 4.31 Å². The molecule has 4 heterocycles. The van der Waals surface area contributed by atoms with Gasteiger partial charge < -0.3 is 4.74 Å². The molecule has 0 spiro atoms. The lowest BCUT2D eigenvalue weighted by Gasteiger charge is -2.37. The van der Waals surface area contributed by atoms with Crippen molar-refractivity contribution in [3.63, 3.8) is 0 Å². The quantitative estimate of drug-likeness (QED) is 0.704. The van der Waals surface area contributed by atoms with Crippen LogP contribution in [0.3, 0.4) is 0 Å². The normalized spacial score (nSPS) is 37.4. The maximum absolute atomic E-state index is 13.2. The van der Waals surface area contributed by atoms with Crippen LogP contribution in [0.2, 0.25) is 0 Å². The van der Waals surface area contributed by atoms with Crippen LogP contribution in [0, 0.1) is 11.8 Å². The molecule has 1 aromatic rings. The highest BCUT2D eigenvalue weighted by atomic mass is 32.2. The Labute approximate surface area is 171 Å². The zero-order chi connectivity index (χ0) is 20.5. The Morgan fingerprint density at radius 1 is 0.862 bits per heavy atom. The molecule has 0 radical (unpaired) electrons. The maximum atomic E-state index is 13.2. The van der Waals surface area contributed by atoms with Gasteiger partial charge >= 0.3 is 0 Å². The van der Waals surface area contributed by atoms with E-state index in [0.29, 0.717) is 5.69 Å². The number of hydrogen-bond donors (Lipinski definition) is 0. The van der Waals surface area contributed by atoms with Gasteiger partial charge in [0.1, 0.15) is 0 Å². The van der Waals surface area contributed by atoms with E-state index in [2.05, 4.69) is 0 Å². The second kappa shape index (κ2) is 6.62. The molecule has 156 valence electrons. The SMILES string of the molecule is C[C@H]1CCC[C@H](C)N1S(=O)(=O)c1ccc(N2C(=O)[C@@H]3[C@H](C2=O)[C@@H]2CC[C@@H]3O2)cc1. The van der Waals surface area contributed by atoms with Crippen LogP contribution in [0.25, 0.3) is 0 Å². The van der Waals surface area contributed by atoms with Crippen LogP contribution < -0.4 is 4.90 Å². The fourth-order valence-electron chi connectivity index (χ4n) is 5.73. The molecule has 8 heteroatoms. The molecule has 4 aliphatic rings. The monoisotopic (exact) mass is 418 g/mol. The summed E-state index contributed by atoms with van der Waals surface area (Å²) in [4.78, 5) is 27.2. The Morgan fingerprint density at radius 2 is 1.38 bits per heavy atom. The van der Waals surface area contributed by atoms with Crippen LogP contribution >= 0.6 is 0 Å². The molecule has 1 aromatic carbocycles. The summed E-state index contributed by atoms with van der Waals surface area (Å²) >= 11 is 0. The van der Waals surface area contributed by atoms with E-state index in [-0.39, 0.29) is 52.8 Å². The van der Waals surface area contributed by atoms with E-state index >= 15 is 0 Å². The first-order valence-electron chi connectivity index (χ1n) is 10.5. The van der Waals surface area contributed by atoms with Gasteiger partial charge in [-0.1, -0.05) is 6.42 Å². The van der Waals surface area contributed by atoms with E-state index < -0.39 is 10.0 Å². The predicted molar refractivity (Wildman–Crippen MR) is 106 cm³/mol. The number of piperidine rings is 1. The molecule has 0 aliphatic carbocycles. The first-order valence-corrected chi connectivity index (χ1v) is 11.9. The molecule has 2 amide bonds. The first-order chi connectivity index (χ1) is 13.8. The Bertz CT molecular complexity index is 922. The van der Waals surface area contributed by atoms with Gasteiger partial charge in [0.15, 0.2) is 0 Å². The lowest BCUT2D eigenvalue weighted by Crippen LogP contribution is -2.47. The summed E-state index contributed by atoms with van der Waals surface area (Å²) in [6, 6.07) is 6.09. The molecule has 2 bridgehead atoms. The van der Waals surface area contributed by atoms with Crippen LogP contribution in [0.4, 0.5) is 5.69 Å². The lowest BCUT2D eigenvalue weighted by molar-refractivity contribution is -0.124. The van der Waals surface area contributed by atoms with Gasteiger partial charge in [0.25, 0.3) is 0 Å². The van der Waals surface area contributed by atoms with Crippen molar-refractivity contribution in [2.45, 2.75) is 75.1 Å². The van der Waals surface area contributed by atoms with E-state index in [4.69, 9.17) is 4.74 Å².